The number of amides is 3. The highest BCUT2D eigenvalue weighted by Crippen LogP contribution is 2.47. The topological polar surface area (TPSA) is 212 Å². The second kappa shape index (κ2) is 36.3. The maximum absolute atomic E-state index is 13.0. The fourth-order valence-corrected chi connectivity index (χ4v) is 18.4. The van der Waals surface area contributed by atoms with Crippen LogP contribution >= 0.6 is 0 Å². The minimum atomic E-state index is -0.318. The van der Waals surface area contributed by atoms with E-state index >= 15 is 0 Å². The van der Waals surface area contributed by atoms with Gasteiger partial charge < -0.3 is 45.0 Å². The first-order valence-corrected chi connectivity index (χ1v) is 41.5. The van der Waals surface area contributed by atoms with Crippen molar-refractivity contribution < 1.29 is 19.1 Å². The van der Waals surface area contributed by atoms with Gasteiger partial charge in [0.1, 0.15) is 0 Å². The number of piperazine rings is 2. The van der Waals surface area contributed by atoms with Crippen LogP contribution in [0.5, 0.6) is 0 Å². The first-order chi connectivity index (χ1) is 53.6. The number of aromatic amines is 3. The summed E-state index contributed by atoms with van der Waals surface area (Å²) < 4.78 is 5.54. The number of imidazole rings is 3. The number of nitrogens with zero attached hydrogens (tertiary/aromatic N) is 11. The van der Waals surface area contributed by atoms with Crippen molar-refractivity contribution in [2.45, 2.75) is 219 Å². The van der Waals surface area contributed by atoms with Gasteiger partial charge >= 0.3 is 17.7 Å². The van der Waals surface area contributed by atoms with Gasteiger partial charge in [0.15, 0.2) is 0 Å². The number of anilines is 3. The molecule has 9 aliphatic rings. The van der Waals surface area contributed by atoms with Gasteiger partial charge in [0.05, 0.1) is 31.8 Å². The van der Waals surface area contributed by atoms with Gasteiger partial charge in [0, 0.05) is 117 Å². The lowest BCUT2D eigenvalue weighted by Gasteiger charge is -2.42. The number of carbonyl (C=O) groups excluding carboxylic acids is 3. The normalized spacial score (nSPS) is 24.6. The van der Waals surface area contributed by atoms with Crippen molar-refractivity contribution in [3.63, 3.8) is 0 Å². The summed E-state index contributed by atoms with van der Waals surface area (Å²) in [5.41, 5.74) is 14.9. The third kappa shape index (κ3) is 20.7. The van der Waals surface area contributed by atoms with Crippen molar-refractivity contribution in [2.75, 3.05) is 108 Å². The highest BCUT2D eigenvalue weighted by atomic mass is 16.5. The van der Waals surface area contributed by atoms with Crippen molar-refractivity contribution in [3.05, 3.63) is 177 Å². The summed E-state index contributed by atoms with van der Waals surface area (Å²) in [5, 5.41) is 9.23. The van der Waals surface area contributed by atoms with Crippen LogP contribution in [0.1, 0.15) is 266 Å². The first kappa shape index (κ1) is 80.2. The molecule has 3 saturated heterocycles. The van der Waals surface area contributed by atoms with Gasteiger partial charge in [-0.25, -0.2) is 15.0 Å². The molecular formula is C90H119N17O4. The lowest BCUT2D eigenvalue weighted by atomic mass is 9.76. The molecule has 6 aromatic rings. The molecule has 6 N–H and O–H groups in total. The number of morpholine rings is 1. The van der Waals surface area contributed by atoms with Crippen molar-refractivity contribution in [1.82, 2.24) is 54.4 Å². The predicted octanol–water partition coefficient (Wildman–Crippen LogP) is 18.7. The average Bonchev–Trinajstić information content (AvgIpc) is 1.27. The van der Waals surface area contributed by atoms with E-state index in [1.807, 2.05) is 0 Å². The molecule has 6 heterocycles. The maximum Gasteiger partial charge on any atom is 0.314 e. The van der Waals surface area contributed by atoms with Crippen LogP contribution in [0.3, 0.4) is 0 Å². The van der Waals surface area contributed by atoms with Crippen molar-refractivity contribution in [2.24, 2.45) is 16.2 Å². The predicted molar refractivity (Wildman–Crippen MR) is 445 cm³/mol. The van der Waals surface area contributed by atoms with E-state index in [-0.39, 0.29) is 52.6 Å². The third-order valence-corrected chi connectivity index (χ3v) is 26.0. The van der Waals surface area contributed by atoms with E-state index in [1.165, 1.54) is 181 Å². The summed E-state index contributed by atoms with van der Waals surface area (Å²) in [6, 6.07) is 22.0. The van der Waals surface area contributed by atoms with Crippen LogP contribution < -0.4 is 16.0 Å². The second-order valence-electron chi connectivity index (χ2n) is 35.2. The van der Waals surface area contributed by atoms with Crippen LogP contribution in [-0.2, 0) is 4.74 Å². The number of H-pyrrole nitrogens is 3. The Labute approximate surface area is 659 Å². The molecule has 3 aliphatic heterocycles. The summed E-state index contributed by atoms with van der Waals surface area (Å²) in [5.74, 6) is 2.05. The Morgan fingerprint density at radius 2 is 0.757 bits per heavy atom. The van der Waals surface area contributed by atoms with Crippen LogP contribution in [0.4, 0.5) is 34.5 Å². The molecule has 3 saturated carbocycles. The summed E-state index contributed by atoms with van der Waals surface area (Å²) >= 11 is 0. The summed E-state index contributed by atoms with van der Waals surface area (Å²) in [6.07, 6.45) is 35.7. The van der Waals surface area contributed by atoms with Gasteiger partial charge in [-0.05, 0) is 252 Å². The highest BCUT2D eigenvalue weighted by molar-refractivity contribution is 6.05. The van der Waals surface area contributed by atoms with Gasteiger partial charge in [-0.15, -0.1) is 0 Å². The van der Waals surface area contributed by atoms with E-state index in [9.17, 15) is 14.4 Å². The molecule has 6 aliphatic carbocycles. The van der Waals surface area contributed by atoms with E-state index in [4.69, 9.17) is 24.5 Å². The number of nitrogens with one attached hydrogen (secondary N) is 6. The average molecular weight is 1500 g/mol. The largest absolute Gasteiger partial charge is 0.379 e. The number of aromatic nitrogens is 6. The molecule has 3 amide bonds. The van der Waals surface area contributed by atoms with Crippen LogP contribution in [0, 0.1) is 36.0 Å². The Kier molecular flexibility index (Phi) is 26.2. The minimum Gasteiger partial charge on any atom is -0.379 e. The number of hydrogen-bond acceptors (Lipinski definition) is 12. The Bertz CT molecular complexity index is 4440. The lowest BCUT2D eigenvalue weighted by molar-refractivity contribution is 0.00729. The number of rotatable bonds is 16. The monoisotopic (exact) mass is 1500 g/mol. The number of hydrogen-bond donors (Lipinski definition) is 6. The van der Waals surface area contributed by atoms with E-state index < -0.39 is 0 Å². The minimum absolute atomic E-state index is 0.163. The van der Waals surface area contributed by atoms with E-state index in [1.54, 1.807) is 0 Å². The standard InChI is InChI=1S/C31H42N6O.C30H40N6O.C29H37N5O2/c1-5-36-16-18-37(19-17-36)25-9-6-22(7-10-25)24-8-11-27(34-30(38)29-33-21-28(32-4)35-29)26(20-24)23-12-14-31(2,3)15-13-23;1-30(2)13-11-22(12-14-30)25-19-23(7-10-26(25)33-29(37)28-32-20-27(31-3)34-28)21-5-8-24(9-6-21)36-17-15-35(4)16-18-36;1-29(2)12-10-21(11-13-29)24-18-22(20-4-7-23(8-5-20)34-14-16-36-17-15-34)6-9-25(24)32-28(35)27-31-19-26(30-3)33-27/h8,11-12,20-22,25H,5-7,9-10,13-19H2,1-3H3,(H,33,35)(H,34,38);7,10-11,19-21,24H,5-6,8-9,12-18H2,1-2,4H3,(H,32,34)(H,33,37);6,9-10,18-20,23H,4-5,7-8,11-17H2,1-2H3,(H,31,33)(H,32,35). The fraction of sp³-hybridized carbons (Fsp3) is 0.567. The van der Waals surface area contributed by atoms with E-state index in [2.05, 4.69) is 213 Å². The zero-order chi connectivity index (χ0) is 77.8. The molecule has 0 bridgehead atoms. The molecule has 0 unspecified atom stereocenters. The Balaban J connectivity index is 0.000000146. The van der Waals surface area contributed by atoms with Gasteiger partial charge in [-0.1, -0.05) is 105 Å². The van der Waals surface area contributed by atoms with Gasteiger partial charge in [0.2, 0.25) is 17.5 Å². The smallest absolute Gasteiger partial charge is 0.314 e. The fourth-order valence-electron chi connectivity index (χ4n) is 18.4. The molecule has 111 heavy (non-hydrogen) atoms. The molecule has 3 aromatic carbocycles. The third-order valence-electron chi connectivity index (χ3n) is 26.0. The Hall–Kier alpha value is -8.85. The number of benzene rings is 3. The van der Waals surface area contributed by atoms with Crippen molar-refractivity contribution in [3.8, 4) is 0 Å². The van der Waals surface area contributed by atoms with Gasteiger partial charge in [0.25, 0.3) is 17.5 Å². The van der Waals surface area contributed by atoms with E-state index in [0.29, 0.717) is 40.0 Å². The Morgan fingerprint density at radius 3 is 1.04 bits per heavy atom. The Morgan fingerprint density at radius 1 is 0.450 bits per heavy atom. The van der Waals surface area contributed by atoms with Gasteiger partial charge in [-0.3, -0.25) is 44.0 Å². The molecule has 0 radical (unpaired) electrons. The number of ether oxygens (including phenoxy) is 1. The SMILES string of the molecule is [C-]#[N+]c1cnc(C(=O)Nc2ccc(C3CCC(N4CCN(C)CC4)CC3)cc2C2=CCC(C)(C)CC2)[nH]1.[C-]#[N+]c1cnc(C(=O)Nc2ccc(C3CCC(N4CCN(CC)CC4)CC3)cc2C2=CCC(C)(C)CC2)[nH]1.[C-]#[N+]c1cnc(C(=O)Nc2ccc(C3CCC(N4CCOCC4)CC3)cc2C2=CCC(C)(C)CC2)[nH]1. The quantitative estimate of drug-likeness (QED) is 0.0500. The zero-order valence-electron chi connectivity index (χ0n) is 67.2. The molecular weight excluding hydrogens is 1380 g/mol. The molecule has 0 spiro atoms. The first-order valence-electron chi connectivity index (χ1n) is 41.5. The summed E-state index contributed by atoms with van der Waals surface area (Å²) in [7, 11) is 2.22. The molecule has 0 atom stereocenters. The van der Waals surface area contributed by atoms with Crippen LogP contribution in [-0.4, -0.2) is 183 Å². The molecule has 21 nitrogen and oxygen atoms in total. The highest BCUT2D eigenvalue weighted by Gasteiger charge is 2.35. The number of likely N-dealkylation sites (N-methyl/N-ethyl adjacent to an activating group) is 2. The number of carbonyl (C=O) groups is 3. The zero-order valence-corrected chi connectivity index (χ0v) is 67.2. The number of allylic oxidation sites excluding steroid dienone is 6. The van der Waals surface area contributed by atoms with Gasteiger partial charge in [-0.2, -0.15) is 0 Å². The van der Waals surface area contributed by atoms with Crippen LogP contribution in [0.15, 0.2) is 91.4 Å². The summed E-state index contributed by atoms with van der Waals surface area (Å²) in [6.45, 7) is 52.2. The molecule has 6 fully saturated rings. The molecule has 588 valence electrons. The van der Waals surface area contributed by atoms with Crippen molar-refractivity contribution >= 4 is 69.0 Å². The molecule has 15 rings (SSSR count). The molecule has 21 heteroatoms. The maximum atomic E-state index is 13.0. The van der Waals surface area contributed by atoms with Crippen molar-refractivity contribution in [1.29, 1.82) is 0 Å². The van der Waals surface area contributed by atoms with E-state index in [0.717, 1.165) is 136 Å². The lowest BCUT2D eigenvalue weighted by Crippen LogP contribution is -2.50. The summed E-state index contributed by atoms with van der Waals surface area (Å²) in [4.78, 5) is 82.4. The van der Waals surface area contributed by atoms with Crippen LogP contribution in [0.25, 0.3) is 31.3 Å². The van der Waals surface area contributed by atoms with Crippen LogP contribution in [0.2, 0.25) is 0 Å². The molecule has 3 aromatic heterocycles. The second-order valence-corrected chi connectivity index (χ2v) is 35.2.